The zero-order valence-corrected chi connectivity index (χ0v) is 24.8. The average molecular weight is 642 g/mol. The van der Waals surface area contributed by atoms with E-state index in [1.165, 1.54) is 24.3 Å². The Labute approximate surface area is 266 Å². The Morgan fingerprint density at radius 2 is 1.39 bits per heavy atom. The van der Waals surface area contributed by atoms with Crippen molar-refractivity contribution in [2.45, 2.75) is 11.1 Å². The van der Waals surface area contributed by atoms with Crippen LogP contribution >= 0.6 is 11.8 Å². The van der Waals surface area contributed by atoms with E-state index in [4.69, 9.17) is 4.42 Å². The van der Waals surface area contributed by atoms with Gasteiger partial charge in [0, 0.05) is 27.8 Å². The van der Waals surface area contributed by atoms with Crippen LogP contribution in [0.15, 0.2) is 136 Å². The molecule has 46 heavy (non-hydrogen) atoms. The zero-order chi connectivity index (χ0) is 32.5. The van der Waals surface area contributed by atoms with Crippen LogP contribution in [0.5, 0.6) is 0 Å². The minimum Gasteiger partial charge on any atom is -0.457 e. The maximum Gasteiger partial charge on any atom is 0.418 e. The number of benzene rings is 4. The molecule has 0 saturated carbocycles. The molecule has 0 spiro atoms. The predicted molar refractivity (Wildman–Crippen MR) is 172 cm³/mol. The highest BCUT2D eigenvalue weighted by Crippen LogP contribution is 2.34. The molecule has 3 N–H and O–H groups in total. The van der Waals surface area contributed by atoms with Crippen LogP contribution in [0.4, 0.5) is 24.5 Å². The largest absolute Gasteiger partial charge is 0.457 e. The minimum absolute atomic E-state index is 0.0583. The topological polar surface area (TPSA) is 100 Å². The van der Waals surface area contributed by atoms with Crippen LogP contribution in [0.25, 0.3) is 17.4 Å². The molecule has 3 amide bonds. The summed E-state index contributed by atoms with van der Waals surface area (Å²) in [5.41, 5.74) is 0.318. The van der Waals surface area contributed by atoms with Gasteiger partial charge in [-0.2, -0.15) is 13.2 Å². The van der Waals surface area contributed by atoms with Gasteiger partial charge in [0.25, 0.3) is 11.8 Å². The van der Waals surface area contributed by atoms with Crippen LogP contribution in [0.1, 0.15) is 21.7 Å². The molecule has 0 atom stereocenters. The number of hydrogen-bond acceptors (Lipinski definition) is 5. The minimum atomic E-state index is -4.60. The summed E-state index contributed by atoms with van der Waals surface area (Å²) in [5, 5.41) is 7.71. The van der Waals surface area contributed by atoms with Gasteiger partial charge in [-0.1, -0.05) is 60.7 Å². The number of anilines is 2. The number of carbonyl (C=O) groups is 3. The Balaban J connectivity index is 1.25. The molecule has 232 valence electrons. The third-order valence-corrected chi connectivity index (χ3v) is 7.50. The maximum atomic E-state index is 13.4. The highest BCUT2D eigenvalue weighted by molar-refractivity contribution is 8.00. The summed E-state index contributed by atoms with van der Waals surface area (Å²) < 4.78 is 45.6. The van der Waals surface area contributed by atoms with Crippen molar-refractivity contribution in [2.75, 3.05) is 16.4 Å². The first-order valence-corrected chi connectivity index (χ1v) is 14.9. The molecule has 4 aromatic carbocycles. The molecule has 0 fully saturated rings. The molecule has 0 aliphatic heterocycles. The molecule has 1 heterocycles. The first kappa shape index (κ1) is 31.9. The molecule has 0 unspecified atom stereocenters. The molecular formula is C35H26F3N3O4S. The van der Waals surface area contributed by atoms with Crippen molar-refractivity contribution in [3.05, 3.63) is 144 Å². The lowest BCUT2D eigenvalue weighted by Gasteiger charge is -2.13. The van der Waals surface area contributed by atoms with Crippen molar-refractivity contribution >= 4 is 46.9 Å². The van der Waals surface area contributed by atoms with Gasteiger partial charge in [-0.05, 0) is 60.7 Å². The normalized spacial score (nSPS) is 11.5. The lowest BCUT2D eigenvalue weighted by molar-refractivity contribution is -0.137. The van der Waals surface area contributed by atoms with Crippen molar-refractivity contribution < 1.29 is 32.0 Å². The first-order valence-electron chi connectivity index (χ1n) is 13.9. The lowest BCUT2D eigenvalue weighted by Crippen LogP contribution is -2.30. The number of amides is 3. The van der Waals surface area contributed by atoms with E-state index >= 15 is 0 Å². The molecule has 1 aromatic heterocycles. The zero-order valence-electron chi connectivity index (χ0n) is 24.0. The van der Waals surface area contributed by atoms with E-state index in [0.717, 1.165) is 23.4 Å². The molecule has 7 nitrogen and oxygen atoms in total. The second kappa shape index (κ2) is 14.5. The monoisotopic (exact) mass is 641 g/mol. The number of para-hydroxylation sites is 1. The smallest absolute Gasteiger partial charge is 0.418 e. The van der Waals surface area contributed by atoms with Crippen molar-refractivity contribution in [1.82, 2.24) is 5.32 Å². The van der Waals surface area contributed by atoms with E-state index in [-0.39, 0.29) is 17.1 Å². The summed E-state index contributed by atoms with van der Waals surface area (Å²) in [6.07, 6.45) is -3.16. The second-order valence-corrected chi connectivity index (χ2v) is 10.9. The molecule has 0 saturated heterocycles. The van der Waals surface area contributed by atoms with E-state index in [1.807, 2.05) is 30.3 Å². The number of carbonyl (C=O) groups excluding carboxylic acids is 3. The Kier molecular flexibility index (Phi) is 10.0. The highest BCUT2D eigenvalue weighted by atomic mass is 32.2. The van der Waals surface area contributed by atoms with Gasteiger partial charge in [0.05, 0.1) is 17.0 Å². The Hall–Kier alpha value is -5.55. The van der Waals surface area contributed by atoms with Gasteiger partial charge in [0.1, 0.15) is 17.2 Å². The molecule has 11 heteroatoms. The fraction of sp³-hybridized carbons (Fsp3) is 0.0571. The lowest BCUT2D eigenvalue weighted by atomic mass is 10.1. The second-order valence-electron chi connectivity index (χ2n) is 9.80. The number of halogens is 3. The van der Waals surface area contributed by atoms with Gasteiger partial charge in [-0.15, -0.1) is 11.8 Å². The summed E-state index contributed by atoms with van der Waals surface area (Å²) in [7, 11) is 0. The quantitative estimate of drug-likeness (QED) is 0.106. The van der Waals surface area contributed by atoms with Gasteiger partial charge in [-0.3, -0.25) is 14.4 Å². The Morgan fingerprint density at radius 1 is 0.739 bits per heavy atom. The van der Waals surface area contributed by atoms with E-state index in [0.29, 0.717) is 27.7 Å². The van der Waals surface area contributed by atoms with Crippen molar-refractivity contribution in [2.24, 2.45) is 0 Å². The molecule has 0 aliphatic carbocycles. The van der Waals surface area contributed by atoms with Gasteiger partial charge in [-0.25, -0.2) is 0 Å². The molecule has 5 aromatic rings. The number of nitrogens with one attached hydrogen (secondary N) is 3. The third kappa shape index (κ3) is 8.54. The number of thioether (sulfide) groups is 1. The van der Waals surface area contributed by atoms with Crippen molar-refractivity contribution in [1.29, 1.82) is 0 Å². The van der Waals surface area contributed by atoms with Crippen LogP contribution in [0.3, 0.4) is 0 Å². The van der Waals surface area contributed by atoms with E-state index in [2.05, 4.69) is 16.0 Å². The predicted octanol–water partition coefficient (Wildman–Crippen LogP) is 8.11. The Morgan fingerprint density at radius 3 is 2.09 bits per heavy atom. The fourth-order valence-electron chi connectivity index (χ4n) is 4.28. The van der Waals surface area contributed by atoms with Crippen LogP contribution < -0.4 is 16.0 Å². The fourth-order valence-corrected chi connectivity index (χ4v) is 4.98. The van der Waals surface area contributed by atoms with Gasteiger partial charge in [0.15, 0.2) is 0 Å². The summed E-state index contributed by atoms with van der Waals surface area (Å²) in [6.45, 7) is 0. The standard InChI is InChI=1S/C35H26F3N3O4S/c36-35(37,38)28-13-7-8-14-29(28)40-32(42)22-46-27-18-15-25(16-19-27)39-34(44)30(41-33(43)24-11-5-2-6-12-24)21-26-17-20-31(45-26)23-9-3-1-4-10-23/h1-21H,22H2,(H,39,44)(H,40,42)(H,41,43). The van der Waals surface area contributed by atoms with E-state index < -0.39 is 29.5 Å². The van der Waals surface area contributed by atoms with Gasteiger partial charge in [0.2, 0.25) is 5.91 Å². The number of rotatable bonds is 10. The molecule has 0 bridgehead atoms. The maximum absolute atomic E-state index is 13.4. The van der Waals surface area contributed by atoms with Crippen molar-refractivity contribution in [3.63, 3.8) is 0 Å². The molecule has 0 aliphatic rings. The summed E-state index contributed by atoms with van der Waals surface area (Å²) >= 11 is 1.12. The van der Waals surface area contributed by atoms with Crippen LogP contribution in [-0.2, 0) is 15.8 Å². The number of furan rings is 1. The molecule has 5 rings (SSSR count). The molecule has 0 radical (unpaired) electrons. The van der Waals surface area contributed by atoms with Crippen molar-refractivity contribution in [3.8, 4) is 11.3 Å². The number of alkyl halides is 3. The van der Waals surface area contributed by atoms with Gasteiger partial charge >= 0.3 is 6.18 Å². The van der Waals surface area contributed by atoms with Crippen LogP contribution in [-0.4, -0.2) is 23.5 Å². The highest BCUT2D eigenvalue weighted by Gasteiger charge is 2.33. The average Bonchev–Trinajstić information content (AvgIpc) is 3.53. The SMILES string of the molecule is O=C(CSc1ccc(NC(=O)C(=Cc2ccc(-c3ccccc3)o2)NC(=O)c2ccccc2)cc1)Nc1ccccc1C(F)(F)F. The Bertz CT molecular complexity index is 1860. The molecular weight excluding hydrogens is 615 g/mol. The third-order valence-electron chi connectivity index (χ3n) is 6.49. The van der Waals surface area contributed by atoms with Crippen LogP contribution in [0, 0.1) is 0 Å². The first-order chi connectivity index (χ1) is 22.2. The summed E-state index contributed by atoms with van der Waals surface area (Å²) in [6, 6.07) is 32.6. The number of hydrogen-bond donors (Lipinski definition) is 3. The van der Waals surface area contributed by atoms with Crippen LogP contribution in [0.2, 0.25) is 0 Å². The summed E-state index contributed by atoms with van der Waals surface area (Å²) in [4.78, 5) is 39.3. The van der Waals surface area contributed by atoms with E-state index in [1.54, 1.807) is 66.7 Å². The summed E-state index contributed by atoms with van der Waals surface area (Å²) in [5.74, 6) is -0.890. The van der Waals surface area contributed by atoms with Gasteiger partial charge < -0.3 is 20.4 Å². The van der Waals surface area contributed by atoms with E-state index in [9.17, 15) is 27.6 Å².